The molecule has 2 aromatic heterocycles. The van der Waals surface area contributed by atoms with Crippen molar-refractivity contribution in [3.63, 3.8) is 0 Å². The molecular formula is C19H19N3O5. The van der Waals surface area contributed by atoms with E-state index in [2.05, 4.69) is 10.3 Å². The van der Waals surface area contributed by atoms with Crippen LogP contribution in [0.5, 0.6) is 11.5 Å². The molecule has 0 saturated carbocycles. The molecule has 0 aliphatic carbocycles. The Kier molecular flexibility index (Phi) is 4.98. The van der Waals surface area contributed by atoms with Gasteiger partial charge in [0, 0.05) is 24.5 Å². The van der Waals surface area contributed by atoms with Crippen LogP contribution in [0.2, 0.25) is 0 Å². The van der Waals surface area contributed by atoms with E-state index in [0.717, 1.165) is 11.2 Å². The van der Waals surface area contributed by atoms with Crippen molar-refractivity contribution < 1.29 is 24.2 Å². The zero-order valence-corrected chi connectivity index (χ0v) is 15.1. The molecule has 1 aromatic carbocycles. The average Bonchev–Trinajstić information content (AvgIpc) is 3.01. The van der Waals surface area contributed by atoms with Gasteiger partial charge in [-0.15, -0.1) is 0 Å². The highest BCUT2D eigenvalue weighted by Gasteiger charge is 2.18. The summed E-state index contributed by atoms with van der Waals surface area (Å²) in [5.74, 6) is -0.982. The average molecular weight is 369 g/mol. The first-order chi connectivity index (χ1) is 12.9. The lowest BCUT2D eigenvalue weighted by Gasteiger charge is -2.13. The zero-order chi connectivity index (χ0) is 19.6. The van der Waals surface area contributed by atoms with Gasteiger partial charge in [0.05, 0.1) is 37.6 Å². The number of fused-ring (bicyclic) bond motifs is 1. The Morgan fingerprint density at radius 2 is 1.89 bits per heavy atom. The van der Waals surface area contributed by atoms with E-state index in [1.165, 1.54) is 26.4 Å². The van der Waals surface area contributed by atoms with Crippen LogP contribution in [0.25, 0.3) is 5.65 Å². The number of benzene rings is 1. The molecule has 8 nitrogen and oxygen atoms in total. The van der Waals surface area contributed by atoms with Gasteiger partial charge in [-0.1, -0.05) is 0 Å². The third-order valence-corrected chi connectivity index (χ3v) is 4.04. The normalized spacial score (nSPS) is 10.6. The largest absolute Gasteiger partial charge is 0.493 e. The standard InChI is InChI=1S/C19H19N3O5/c1-11-4-5-22-10-12(20-17(22)6-11)7-18(23)21-14-9-16(27-3)15(26-2)8-13(14)19(24)25/h4-6,8-10H,7H2,1-3H3,(H,21,23)(H,24,25). The maximum Gasteiger partial charge on any atom is 0.337 e. The van der Waals surface area contributed by atoms with Crippen LogP contribution >= 0.6 is 0 Å². The maximum atomic E-state index is 12.4. The number of hydrogen-bond donors (Lipinski definition) is 2. The van der Waals surface area contributed by atoms with Crippen molar-refractivity contribution in [1.82, 2.24) is 9.38 Å². The number of amides is 1. The first-order valence-corrected chi connectivity index (χ1v) is 8.14. The van der Waals surface area contributed by atoms with Crippen molar-refractivity contribution >= 4 is 23.2 Å². The maximum absolute atomic E-state index is 12.4. The monoisotopic (exact) mass is 369 g/mol. The van der Waals surface area contributed by atoms with Gasteiger partial charge < -0.3 is 24.3 Å². The third-order valence-electron chi connectivity index (χ3n) is 4.04. The molecule has 0 radical (unpaired) electrons. The number of nitrogens with one attached hydrogen (secondary N) is 1. The molecule has 27 heavy (non-hydrogen) atoms. The van der Waals surface area contributed by atoms with Gasteiger partial charge in [-0.2, -0.15) is 0 Å². The molecule has 0 bridgehead atoms. The Morgan fingerprint density at radius 1 is 1.19 bits per heavy atom. The zero-order valence-electron chi connectivity index (χ0n) is 15.1. The van der Waals surface area contributed by atoms with E-state index in [4.69, 9.17) is 9.47 Å². The number of pyridine rings is 1. The van der Waals surface area contributed by atoms with Crippen LogP contribution in [0.15, 0.2) is 36.7 Å². The summed E-state index contributed by atoms with van der Waals surface area (Å²) in [4.78, 5) is 28.4. The molecular weight excluding hydrogens is 350 g/mol. The summed E-state index contributed by atoms with van der Waals surface area (Å²) in [6.07, 6.45) is 3.64. The van der Waals surface area contributed by atoms with Crippen molar-refractivity contribution in [3.05, 3.63) is 53.5 Å². The summed E-state index contributed by atoms with van der Waals surface area (Å²) in [5, 5.41) is 12.0. The number of carbonyl (C=O) groups is 2. The smallest absolute Gasteiger partial charge is 0.337 e. The van der Waals surface area contributed by atoms with Crippen molar-refractivity contribution in [2.75, 3.05) is 19.5 Å². The number of anilines is 1. The number of carbonyl (C=O) groups excluding carboxylic acids is 1. The number of ether oxygens (including phenoxy) is 2. The van der Waals surface area contributed by atoms with Crippen LogP contribution in [-0.2, 0) is 11.2 Å². The summed E-state index contributed by atoms with van der Waals surface area (Å²) in [6, 6.07) is 6.59. The quantitative estimate of drug-likeness (QED) is 0.692. The van der Waals surface area contributed by atoms with Crippen LogP contribution < -0.4 is 14.8 Å². The number of methoxy groups -OCH3 is 2. The number of aryl methyl sites for hydroxylation is 1. The van der Waals surface area contributed by atoms with Gasteiger partial charge in [0.25, 0.3) is 0 Å². The predicted molar refractivity (Wildman–Crippen MR) is 98.8 cm³/mol. The molecule has 0 fully saturated rings. The van der Waals surface area contributed by atoms with E-state index in [1.807, 2.05) is 29.7 Å². The predicted octanol–water partition coefficient (Wildman–Crippen LogP) is 2.54. The molecule has 0 aliphatic rings. The second-order valence-electron chi connectivity index (χ2n) is 5.98. The number of carboxylic acids is 1. The molecule has 0 saturated heterocycles. The number of rotatable bonds is 6. The number of hydrogen-bond acceptors (Lipinski definition) is 5. The van der Waals surface area contributed by atoms with Gasteiger partial charge in [0.1, 0.15) is 5.65 Å². The van der Waals surface area contributed by atoms with E-state index >= 15 is 0 Å². The molecule has 0 aliphatic heterocycles. The topological polar surface area (TPSA) is 102 Å². The molecule has 2 heterocycles. The third kappa shape index (κ3) is 3.84. The first-order valence-electron chi connectivity index (χ1n) is 8.14. The van der Waals surface area contributed by atoms with Gasteiger partial charge >= 0.3 is 5.97 Å². The Labute approximate surface area is 155 Å². The summed E-state index contributed by atoms with van der Waals surface area (Å²) in [5.41, 5.74) is 2.43. The van der Waals surface area contributed by atoms with Gasteiger partial charge in [-0.25, -0.2) is 9.78 Å². The Morgan fingerprint density at radius 3 is 2.56 bits per heavy atom. The van der Waals surface area contributed by atoms with E-state index in [0.29, 0.717) is 11.4 Å². The molecule has 0 unspecified atom stereocenters. The highest BCUT2D eigenvalue weighted by Crippen LogP contribution is 2.33. The number of nitrogens with zero attached hydrogens (tertiary/aromatic N) is 2. The fourth-order valence-corrected chi connectivity index (χ4v) is 2.74. The second kappa shape index (κ2) is 7.36. The Hall–Kier alpha value is -3.55. The fraction of sp³-hybridized carbons (Fsp3) is 0.211. The minimum atomic E-state index is -1.19. The van der Waals surface area contributed by atoms with Gasteiger partial charge in [0.2, 0.25) is 5.91 Å². The lowest BCUT2D eigenvalue weighted by molar-refractivity contribution is -0.115. The van der Waals surface area contributed by atoms with Crippen LogP contribution in [0, 0.1) is 6.92 Å². The molecule has 0 spiro atoms. The summed E-state index contributed by atoms with van der Waals surface area (Å²) >= 11 is 0. The molecule has 1 amide bonds. The molecule has 3 rings (SSSR count). The van der Waals surface area contributed by atoms with Crippen LogP contribution in [0.4, 0.5) is 5.69 Å². The van der Waals surface area contributed by atoms with Crippen LogP contribution in [-0.4, -0.2) is 40.6 Å². The van der Waals surface area contributed by atoms with E-state index in [-0.39, 0.29) is 29.3 Å². The first kappa shape index (κ1) is 18.2. The number of imidazole rings is 1. The van der Waals surface area contributed by atoms with Crippen LogP contribution in [0.3, 0.4) is 0 Å². The van der Waals surface area contributed by atoms with Crippen molar-refractivity contribution in [3.8, 4) is 11.5 Å². The summed E-state index contributed by atoms with van der Waals surface area (Å²) < 4.78 is 12.1. The fourth-order valence-electron chi connectivity index (χ4n) is 2.74. The van der Waals surface area contributed by atoms with Crippen molar-refractivity contribution in [2.45, 2.75) is 13.3 Å². The van der Waals surface area contributed by atoms with Crippen molar-refractivity contribution in [1.29, 1.82) is 0 Å². The molecule has 3 aromatic rings. The second-order valence-corrected chi connectivity index (χ2v) is 5.98. The number of aromatic nitrogens is 2. The lowest BCUT2D eigenvalue weighted by Crippen LogP contribution is -2.17. The van der Waals surface area contributed by atoms with E-state index in [9.17, 15) is 14.7 Å². The summed E-state index contributed by atoms with van der Waals surface area (Å²) in [7, 11) is 2.84. The van der Waals surface area contributed by atoms with Gasteiger partial charge in [-0.3, -0.25) is 4.79 Å². The van der Waals surface area contributed by atoms with E-state index < -0.39 is 5.97 Å². The number of carboxylic acid groups (broad SMARTS) is 1. The minimum Gasteiger partial charge on any atom is -0.493 e. The van der Waals surface area contributed by atoms with Crippen molar-refractivity contribution in [2.24, 2.45) is 0 Å². The molecule has 0 atom stereocenters. The molecule has 8 heteroatoms. The highest BCUT2D eigenvalue weighted by molar-refractivity contribution is 6.01. The Bertz CT molecular complexity index is 1030. The van der Waals surface area contributed by atoms with Crippen LogP contribution in [0.1, 0.15) is 21.6 Å². The highest BCUT2D eigenvalue weighted by atomic mass is 16.5. The van der Waals surface area contributed by atoms with Gasteiger partial charge in [0.15, 0.2) is 11.5 Å². The molecule has 2 N–H and O–H groups in total. The summed E-state index contributed by atoms with van der Waals surface area (Å²) in [6.45, 7) is 1.96. The Balaban J connectivity index is 1.84. The van der Waals surface area contributed by atoms with E-state index in [1.54, 1.807) is 6.20 Å². The number of aromatic carboxylic acids is 1. The molecule has 140 valence electrons. The SMILES string of the molecule is COc1cc(NC(=O)Cc2cn3ccc(C)cc3n2)c(C(=O)O)cc1OC. The lowest BCUT2D eigenvalue weighted by atomic mass is 10.1. The van der Waals surface area contributed by atoms with Gasteiger partial charge in [-0.05, 0) is 24.6 Å². The minimum absolute atomic E-state index is 0.00807.